The van der Waals surface area contributed by atoms with E-state index < -0.39 is 0 Å². The van der Waals surface area contributed by atoms with Crippen LogP contribution < -0.4 is 10.5 Å². The highest BCUT2D eigenvalue weighted by Crippen LogP contribution is 2.21. The van der Waals surface area contributed by atoms with Gasteiger partial charge < -0.3 is 14.8 Å². The largest absolute Gasteiger partial charge is 0.369 e. The molecule has 0 amide bonds. The Labute approximate surface area is 172 Å². The van der Waals surface area contributed by atoms with Crippen molar-refractivity contribution in [3.63, 3.8) is 0 Å². The minimum atomic E-state index is -0.357. The molecule has 7 nitrogen and oxygen atoms in total. The van der Waals surface area contributed by atoms with E-state index in [2.05, 4.69) is 44.3 Å². The van der Waals surface area contributed by atoms with Crippen molar-refractivity contribution >= 4 is 16.6 Å². The van der Waals surface area contributed by atoms with Crippen LogP contribution in [-0.4, -0.2) is 58.1 Å². The molecule has 4 aromatic rings. The van der Waals surface area contributed by atoms with Crippen molar-refractivity contribution in [3.8, 4) is 16.9 Å². The number of pyridine rings is 1. The molecule has 0 unspecified atom stereocenters. The standard InChI is InChI=1S/C22H21FN6O/c1-27-8-10-28(11-9-27)17-3-5-18(6-4-17)29-14-21(25-26-29)19-13-15-12-16(23)2-7-20(15)24-22(19)30/h2-7,12-14H,8-11H2,1H3,(H,24,30). The number of anilines is 1. The summed E-state index contributed by atoms with van der Waals surface area (Å²) >= 11 is 0. The molecule has 2 aromatic heterocycles. The van der Waals surface area contributed by atoms with Crippen LogP contribution in [0.15, 0.2) is 59.5 Å². The van der Waals surface area contributed by atoms with Gasteiger partial charge in [-0.1, -0.05) is 5.21 Å². The summed E-state index contributed by atoms with van der Waals surface area (Å²) < 4.78 is 15.2. The van der Waals surface area contributed by atoms with Gasteiger partial charge in [-0.25, -0.2) is 9.07 Å². The van der Waals surface area contributed by atoms with Crippen LogP contribution >= 0.6 is 0 Å². The number of nitrogens with one attached hydrogen (secondary N) is 1. The number of fused-ring (bicyclic) bond motifs is 1. The zero-order valence-electron chi connectivity index (χ0n) is 16.5. The van der Waals surface area contributed by atoms with Crippen LogP contribution in [0.5, 0.6) is 0 Å². The van der Waals surface area contributed by atoms with Crippen LogP contribution in [0.1, 0.15) is 0 Å². The van der Waals surface area contributed by atoms with E-state index in [1.165, 1.54) is 17.8 Å². The number of H-pyrrole nitrogens is 1. The number of piperazine rings is 1. The molecule has 0 saturated carbocycles. The highest BCUT2D eigenvalue weighted by atomic mass is 19.1. The van der Waals surface area contributed by atoms with Gasteiger partial charge in [0.05, 0.1) is 17.4 Å². The summed E-state index contributed by atoms with van der Waals surface area (Å²) in [4.78, 5) is 19.9. The Morgan fingerprint density at radius 2 is 1.70 bits per heavy atom. The van der Waals surface area contributed by atoms with Crippen LogP contribution in [-0.2, 0) is 0 Å². The average molecular weight is 404 g/mol. The fourth-order valence-electron chi connectivity index (χ4n) is 3.76. The molecule has 152 valence electrons. The van der Waals surface area contributed by atoms with E-state index >= 15 is 0 Å². The molecule has 1 saturated heterocycles. The minimum Gasteiger partial charge on any atom is -0.369 e. The lowest BCUT2D eigenvalue weighted by Crippen LogP contribution is -2.44. The molecule has 0 atom stereocenters. The number of nitrogens with zero attached hydrogens (tertiary/aromatic N) is 5. The second-order valence-corrected chi connectivity index (χ2v) is 7.60. The molecular formula is C22H21FN6O. The average Bonchev–Trinajstić information content (AvgIpc) is 3.24. The van der Waals surface area contributed by atoms with E-state index in [1.54, 1.807) is 23.0 Å². The van der Waals surface area contributed by atoms with Gasteiger partial charge in [0.15, 0.2) is 0 Å². The molecule has 5 rings (SSSR count). The number of aromatic nitrogens is 4. The van der Waals surface area contributed by atoms with Gasteiger partial charge in [0.25, 0.3) is 5.56 Å². The van der Waals surface area contributed by atoms with E-state index in [0.29, 0.717) is 22.2 Å². The van der Waals surface area contributed by atoms with Gasteiger partial charge >= 0.3 is 0 Å². The third kappa shape index (κ3) is 3.46. The molecule has 1 aliphatic heterocycles. The van der Waals surface area contributed by atoms with Crippen LogP contribution in [0.4, 0.5) is 10.1 Å². The molecule has 1 fully saturated rings. The van der Waals surface area contributed by atoms with Crippen molar-refractivity contribution in [3.05, 3.63) is 70.9 Å². The molecule has 0 aliphatic carbocycles. The Kier molecular flexibility index (Phi) is 4.55. The van der Waals surface area contributed by atoms with Crippen molar-refractivity contribution in [2.45, 2.75) is 0 Å². The van der Waals surface area contributed by atoms with Gasteiger partial charge in [0.1, 0.15) is 11.5 Å². The fourth-order valence-corrected chi connectivity index (χ4v) is 3.76. The quantitative estimate of drug-likeness (QED) is 0.569. The van der Waals surface area contributed by atoms with Crippen molar-refractivity contribution in [1.82, 2.24) is 24.9 Å². The lowest BCUT2D eigenvalue weighted by molar-refractivity contribution is 0.313. The third-order valence-electron chi connectivity index (χ3n) is 5.56. The van der Waals surface area contributed by atoms with E-state index in [-0.39, 0.29) is 11.4 Å². The fraction of sp³-hybridized carbons (Fsp3) is 0.227. The molecule has 0 bridgehead atoms. The van der Waals surface area contributed by atoms with E-state index in [1.807, 2.05) is 12.1 Å². The van der Waals surface area contributed by atoms with Crippen LogP contribution in [0.3, 0.4) is 0 Å². The first kappa shape index (κ1) is 18.5. The number of halogens is 1. The third-order valence-corrected chi connectivity index (χ3v) is 5.56. The number of rotatable bonds is 3. The van der Waals surface area contributed by atoms with Crippen LogP contribution in [0, 0.1) is 5.82 Å². The number of hydrogen-bond donors (Lipinski definition) is 1. The van der Waals surface area contributed by atoms with E-state index in [4.69, 9.17) is 0 Å². The Balaban J connectivity index is 1.42. The zero-order valence-corrected chi connectivity index (χ0v) is 16.5. The lowest BCUT2D eigenvalue weighted by atomic mass is 10.1. The summed E-state index contributed by atoms with van der Waals surface area (Å²) in [5.41, 5.74) is 3.12. The molecule has 8 heteroatoms. The lowest BCUT2D eigenvalue weighted by Gasteiger charge is -2.34. The highest BCUT2D eigenvalue weighted by molar-refractivity contribution is 5.82. The van der Waals surface area contributed by atoms with Gasteiger partial charge in [-0.05, 0) is 55.6 Å². The predicted octanol–water partition coefficient (Wildman–Crippen LogP) is 2.67. The SMILES string of the molecule is CN1CCN(c2ccc(-n3cc(-c4cc5cc(F)ccc5[nH]c4=O)nn3)cc2)CC1. The van der Waals surface area contributed by atoms with Gasteiger partial charge in [0, 0.05) is 42.8 Å². The van der Waals surface area contributed by atoms with Crippen molar-refractivity contribution in [2.75, 3.05) is 38.1 Å². The molecule has 0 radical (unpaired) electrons. The Hall–Kier alpha value is -3.52. The Bertz CT molecular complexity index is 1250. The molecule has 0 spiro atoms. The van der Waals surface area contributed by atoms with E-state index in [9.17, 15) is 9.18 Å². The van der Waals surface area contributed by atoms with Crippen molar-refractivity contribution in [1.29, 1.82) is 0 Å². The Morgan fingerprint density at radius 1 is 0.967 bits per heavy atom. The molecule has 30 heavy (non-hydrogen) atoms. The van der Waals surface area contributed by atoms with Crippen LogP contribution in [0.2, 0.25) is 0 Å². The minimum absolute atomic E-state index is 0.286. The highest BCUT2D eigenvalue weighted by Gasteiger charge is 2.15. The molecule has 3 heterocycles. The summed E-state index contributed by atoms with van der Waals surface area (Å²) in [7, 11) is 2.14. The maximum atomic E-state index is 13.6. The summed E-state index contributed by atoms with van der Waals surface area (Å²) in [5, 5.41) is 8.94. The number of aromatic amines is 1. The van der Waals surface area contributed by atoms with Crippen molar-refractivity contribution < 1.29 is 4.39 Å². The maximum absolute atomic E-state index is 13.6. The van der Waals surface area contributed by atoms with Crippen LogP contribution in [0.25, 0.3) is 27.8 Å². The van der Waals surface area contributed by atoms with Gasteiger partial charge in [-0.15, -0.1) is 5.10 Å². The molecule has 1 aliphatic rings. The summed E-state index contributed by atoms with van der Waals surface area (Å²) in [6, 6.07) is 14.0. The predicted molar refractivity (Wildman–Crippen MR) is 115 cm³/mol. The van der Waals surface area contributed by atoms with Gasteiger partial charge in [-0.3, -0.25) is 4.79 Å². The first-order valence-electron chi connectivity index (χ1n) is 9.86. The van der Waals surface area contributed by atoms with Gasteiger partial charge in [0.2, 0.25) is 0 Å². The topological polar surface area (TPSA) is 70.0 Å². The molecule has 2 aromatic carbocycles. The van der Waals surface area contributed by atoms with Gasteiger partial charge in [-0.2, -0.15) is 0 Å². The smallest absolute Gasteiger partial charge is 0.258 e. The Morgan fingerprint density at radius 3 is 2.47 bits per heavy atom. The summed E-state index contributed by atoms with van der Waals surface area (Å²) in [6.07, 6.45) is 1.71. The summed E-state index contributed by atoms with van der Waals surface area (Å²) in [5.74, 6) is -0.357. The second kappa shape index (κ2) is 7.38. The summed E-state index contributed by atoms with van der Waals surface area (Å²) in [6.45, 7) is 4.13. The molecule has 1 N–H and O–H groups in total. The number of hydrogen-bond acceptors (Lipinski definition) is 5. The monoisotopic (exact) mass is 404 g/mol. The van der Waals surface area contributed by atoms with Crippen molar-refractivity contribution in [2.24, 2.45) is 0 Å². The number of benzene rings is 2. The molecular weight excluding hydrogens is 383 g/mol. The second-order valence-electron chi connectivity index (χ2n) is 7.60. The first-order chi connectivity index (χ1) is 14.6. The first-order valence-corrected chi connectivity index (χ1v) is 9.86. The zero-order chi connectivity index (χ0) is 20.7. The van der Waals surface area contributed by atoms with E-state index in [0.717, 1.165) is 31.9 Å². The number of likely N-dealkylation sites (N-methyl/N-ethyl adjacent to an activating group) is 1. The normalized spacial score (nSPS) is 15.1. The maximum Gasteiger partial charge on any atom is 0.258 e.